The van der Waals surface area contributed by atoms with Crippen LogP contribution < -0.4 is 10.6 Å². The third-order valence-corrected chi connectivity index (χ3v) is 3.15. The Morgan fingerprint density at radius 2 is 1.58 bits per heavy atom. The van der Waals surface area contributed by atoms with Crippen LogP contribution in [0.3, 0.4) is 0 Å². The highest BCUT2D eigenvalue weighted by molar-refractivity contribution is 6.04. The maximum absolute atomic E-state index is 12.2. The van der Waals surface area contributed by atoms with E-state index >= 15 is 0 Å². The summed E-state index contributed by atoms with van der Waals surface area (Å²) in [7, 11) is 1.45. The van der Waals surface area contributed by atoms with Crippen LogP contribution in [-0.2, 0) is 9.53 Å². The number of carbonyl (C=O) groups is 2. The largest absolute Gasteiger partial charge is 0.375 e. The molecule has 0 aliphatic heterocycles. The van der Waals surface area contributed by atoms with Crippen LogP contribution in [-0.4, -0.2) is 35.5 Å². The van der Waals surface area contributed by atoms with Gasteiger partial charge in [-0.15, -0.1) is 0 Å². The number of rotatable bonds is 6. The Hall–Kier alpha value is -2.80. The van der Waals surface area contributed by atoms with E-state index in [1.807, 2.05) is 13.8 Å². The molecule has 1 heterocycles. The van der Waals surface area contributed by atoms with Gasteiger partial charge >= 0.3 is 0 Å². The van der Waals surface area contributed by atoms with Crippen molar-refractivity contribution in [3.05, 3.63) is 48.0 Å². The van der Waals surface area contributed by atoms with Gasteiger partial charge in [0.25, 0.3) is 5.91 Å². The number of amides is 2. The SMILES string of the molecule is COCC(=O)Nc1ccc(NC(=O)c2cnc(C(C)C)nc2)cc1. The average Bonchev–Trinajstić information content (AvgIpc) is 2.57. The molecule has 2 N–H and O–H groups in total. The molecular weight excluding hydrogens is 308 g/mol. The maximum atomic E-state index is 12.2. The molecule has 0 radical (unpaired) electrons. The molecule has 24 heavy (non-hydrogen) atoms. The number of anilines is 2. The monoisotopic (exact) mass is 328 g/mol. The zero-order valence-corrected chi connectivity index (χ0v) is 13.9. The summed E-state index contributed by atoms with van der Waals surface area (Å²) in [4.78, 5) is 31.9. The van der Waals surface area contributed by atoms with Crippen LogP contribution in [0.25, 0.3) is 0 Å². The first-order valence-corrected chi connectivity index (χ1v) is 7.51. The summed E-state index contributed by atoms with van der Waals surface area (Å²) in [5.74, 6) is 0.379. The van der Waals surface area contributed by atoms with E-state index in [-0.39, 0.29) is 24.3 Å². The topological polar surface area (TPSA) is 93.2 Å². The number of nitrogens with one attached hydrogen (secondary N) is 2. The smallest absolute Gasteiger partial charge is 0.258 e. The summed E-state index contributed by atoms with van der Waals surface area (Å²) < 4.78 is 4.74. The molecule has 1 aromatic heterocycles. The van der Waals surface area contributed by atoms with Crippen molar-refractivity contribution in [3.8, 4) is 0 Å². The van der Waals surface area contributed by atoms with Crippen LogP contribution in [0, 0.1) is 0 Å². The van der Waals surface area contributed by atoms with Gasteiger partial charge in [0.2, 0.25) is 5.91 Å². The molecular formula is C17H20N4O3. The van der Waals surface area contributed by atoms with E-state index in [0.717, 1.165) is 0 Å². The van der Waals surface area contributed by atoms with Crippen molar-refractivity contribution in [2.45, 2.75) is 19.8 Å². The number of carbonyl (C=O) groups excluding carboxylic acids is 2. The molecule has 126 valence electrons. The van der Waals surface area contributed by atoms with Crippen molar-refractivity contribution < 1.29 is 14.3 Å². The van der Waals surface area contributed by atoms with Crippen molar-refractivity contribution in [2.75, 3.05) is 24.4 Å². The molecule has 0 fully saturated rings. The fourth-order valence-electron chi connectivity index (χ4n) is 1.92. The van der Waals surface area contributed by atoms with Gasteiger partial charge in [0.05, 0.1) is 5.56 Å². The molecule has 0 aliphatic rings. The van der Waals surface area contributed by atoms with Gasteiger partial charge in [0.1, 0.15) is 12.4 Å². The first kappa shape index (κ1) is 17.6. The highest BCUT2D eigenvalue weighted by Gasteiger charge is 2.09. The highest BCUT2D eigenvalue weighted by Crippen LogP contribution is 2.15. The molecule has 0 spiro atoms. The molecule has 0 atom stereocenters. The van der Waals surface area contributed by atoms with Crippen LogP contribution in [0.1, 0.15) is 35.9 Å². The molecule has 0 aliphatic carbocycles. The highest BCUT2D eigenvalue weighted by atomic mass is 16.5. The van der Waals surface area contributed by atoms with Crippen LogP contribution in [0.5, 0.6) is 0 Å². The van der Waals surface area contributed by atoms with E-state index < -0.39 is 0 Å². The van der Waals surface area contributed by atoms with E-state index in [4.69, 9.17) is 4.74 Å². The lowest BCUT2D eigenvalue weighted by Gasteiger charge is -2.08. The van der Waals surface area contributed by atoms with Gasteiger partial charge in [-0.1, -0.05) is 13.8 Å². The number of hydrogen-bond acceptors (Lipinski definition) is 5. The van der Waals surface area contributed by atoms with E-state index in [0.29, 0.717) is 22.8 Å². The fraction of sp³-hybridized carbons (Fsp3) is 0.294. The minimum atomic E-state index is -0.290. The summed E-state index contributed by atoms with van der Waals surface area (Å²) in [6.07, 6.45) is 3.02. The number of benzene rings is 1. The van der Waals surface area contributed by atoms with Crippen molar-refractivity contribution in [3.63, 3.8) is 0 Å². The molecule has 2 amide bonds. The van der Waals surface area contributed by atoms with Crippen LogP contribution in [0.4, 0.5) is 11.4 Å². The van der Waals surface area contributed by atoms with Gasteiger partial charge in [-0.05, 0) is 24.3 Å². The predicted octanol–water partition coefficient (Wildman–Crippen LogP) is 2.44. The van der Waals surface area contributed by atoms with Crippen molar-refractivity contribution in [2.24, 2.45) is 0 Å². The second-order valence-corrected chi connectivity index (χ2v) is 5.50. The molecule has 0 saturated heterocycles. The molecule has 7 nitrogen and oxygen atoms in total. The molecule has 0 saturated carbocycles. The minimum Gasteiger partial charge on any atom is -0.375 e. The zero-order chi connectivity index (χ0) is 17.5. The molecule has 7 heteroatoms. The van der Waals surface area contributed by atoms with Gasteiger partial charge in [0, 0.05) is 36.8 Å². The molecule has 2 rings (SSSR count). The number of nitrogens with zero attached hydrogens (tertiary/aromatic N) is 2. The Kier molecular flexibility index (Phi) is 5.97. The minimum absolute atomic E-state index is 0.00907. The number of methoxy groups -OCH3 is 1. The molecule has 2 aromatic rings. The summed E-state index contributed by atoms with van der Waals surface area (Å²) >= 11 is 0. The van der Waals surface area contributed by atoms with Crippen LogP contribution in [0.15, 0.2) is 36.7 Å². The van der Waals surface area contributed by atoms with E-state index in [9.17, 15) is 9.59 Å². The lowest BCUT2D eigenvalue weighted by molar-refractivity contribution is -0.119. The standard InChI is InChI=1S/C17H20N4O3/c1-11(2)16-18-8-12(9-19-16)17(23)21-14-6-4-13(5-7-14)20-15(22)10-24-3/h4-9,11H,10H2,1-3H3,(H,20,22)(H,21,23). The summed E-state index contributed by atoms with van der Waals surface area (Å²) in [5, 5.41) is 5.43. The third kappa shape index (κ3) is 4.85. The van der Waals surface area contributed by atoms with Gasteiger partial charge in [0.15, 0.2) is 0 Å². The molecule has 0 unspecified atom stereocenters. The molecule has 1 aromatic carbocycles. The van der Waals surface area contributed by atoms with Crippen LogP contribution >= 0.6 is 0 Å². The lowest BCUT2D eigenvalue weighted by Crippen LogP contribution is -2.17. The fourth-order valence-corrected chi connectivity index (χ4v) is 1.92. The average molecular weight is 328 g/mol. The van der Waals surface area contributed by atoms with Crippen LogP contribution in [0.2, 0.25) is 0 Å². The Morgan fingerprint density at radius 1 is 1.04 bits per heavy atom. The number of ether oxygens (including phenoxy) is 1. The Labute approximate surface area is 140 Å². The van der Waals surface area contributed by atoms with E-state index in [1.54, 1.807) is 24.3 Å². The summed E-state index contributed by atoms with van der Waals surface area (Å²) in [6, 6.07) is 6.79. The lowest BCUT2D eigenvalue weighted by atomic mass is 10.2. The number of hydrogen-bond donors (Lipinski definition) is 2. The van der Waals surface area contributed by atoms with Crippen molar-refractivity contribution >= 4 is 23.2 Å². The normalized spacial score (nSPS) is 10.5. The second kappa shape index (κ2) is 8.16. The third-order valence-electron chi connectivity index (χ3n) is 3.15. The van der Waals surface area contributed by atoms with Gasteiger partial charge in [-0.3, -0.25) is 9.59 Å². The van der Waals surface area contributed by atoms with E-state index in [1.165, 1.54) is 19.5 Å². The summed E-state index contributed by atoms with van der Waals surface area (Å²) in [6.45, 7) is 3.97. The maximum Gasteiger partial charge on any atom is 0.258 e. The number of aromatic nitrogens is 2. The first-order valence-electron chi connectivity index (χ1n) is 7.51. The van der Waals surface area contributed by atoms with Crippen molar-refractivity contribution in [1.82, 2.24) is 9.97 Å². The molecule has 0 bridgehead atoms. The summed E-state index contributed by atoms with van der Waals surface area (Å²) in [5.41, 5.74) is 1.62. The predicted molar refractivity (Wildman–Crippen MR) is 91.0 cm³/mol. The van der Waals surface area contributed by atoms with Crippen molar-refractivity contribution in [1.29, 1.82) is 0 Å². The Bertz CT molecular complexity index is 697. The van der Waals surface area contributed by atoms with E-state index in [2.05, 4.69) is 20.6 Å². The quantitative estimate of drug-likeness (QED) is 0.849. The van der Waals surface area contributed by atoms with Gasteiger partial charge < -0.3 is 15.4 Å². The first-order chi connectivity index (χ1) is 11.5. The van der Waals surface area contributed by atoms with Gasteiger partial charge in [-0.25, -0.2) is 9.97 Å². The Morgan fingerprint density at radius 3 is 2.08 bits per heavy atom. The Balaban J connectivity index is 1.97. The second-order valence-electron chi connectivity index (χ2n) is 5.50. The zero-order valence-electron chi connectivity index (χ0n) is 13.9. The van der Waals surface area contributed by atoms with Gasteiger partial charge in [-0.2, -0.15) is 0 Å².